The summed E-state index contributed by atoms with van der Waals surface area (Å²) in [5, 5.41) is 18.9. The van der Waals surface area contributed by atoms with E-state index in [4.69, 9.17) is 10.5 Å². The van der Waals surface area contributed by atoms with Gasteiger partial charge in [-0.05, 0) is 13.8 Å². The maximum Gasteiger partial charge on any atom is 0.342 e. The minimum absolute atomic E-state index is 0.0417. The van der Waals surface area contributed by atoms with Crippen LogP contribution in [0.2, 0.25) is 0 Å². The fraction of sp³-hybridized carbons (Fsp3) is 0.333. The molecule has 0 atom stereocenters. The number of aromatic nitrogens is 2. The van der Waals surface area contributed by atoms with Crippen LogP contribution in [-0.2, 0) is 0 Å². The van der Waals surface area contributed by atoms with E-state index in [2.05, 4.69) is 5.32 Å². The van der Waals surface area contributed by atoms with Gasteiger partial charge in [-0.15, -0.1) is 0 Å². The second-order valence-corrected chi connectivity index (χ2v) is 4.27. The van der Waals surface area contributed by atoms with Crippen molar-refractivity contribution in [1.82, 2.24) is 14.5 Å². The van der Waals surface area contributed by atoms with Crippen molar-refractivity contribution in [3.63, 3.8) is 0 Å². The van der Waals surface area contributed by atoms with Gasteiger partial charge in [0.2, 0.25) is 0 Å². The molecule has 0 unspecified atom stereocenters. The number of carboxylic acids is 1. The summed E-state index contributed by atoms with van der Waals surface area (Å²) in [5.74, 6) is -1.42. The minimum atomic E-state index is -1.42. The second-order valence-electron chi connectivity index (χ2n) is 4.27. The van der Waals surface area contributed by atoms with Crippen molar-refractivity contribution >= 4 is 17.9 Å². The van der Waals surface area contributed by atoms with E-state index in [-0.39, 0.29) is 11.7 Å². The van der Waals surface area contributed by atoms with E-state index in [1.165, 1.54) is 13.2 Å². The zero-order chi connectivity index (χ0) is 15.4. The number of carbonyl (C=O) groups is 1. The summed E-state index contributed by atoms with van der Waals surface area (Å²) in [6.07, 6.45) is 3.09. The molecule has 0 aliphatic carbocycles. The highest BCUT2D eigenvalue weighted by molar-refractivity contribution is 6.00. The summed E-state index contributed by atoms with van der Waals surface area (Å²) in [6, 6.07) is -0.325. The minimum Gasteiger partial charge on any atom is -0.477 e. The van der Waals surface area contributed by atoms with Gasteiger partial charge in [-0.3, -0.25) is 9.36 Å². The fourth-order valence-corrected chi connectivity index (χ4v) is 1.64. The molecule has 8 nitrogen and oxygen atoms in total. The molecule has 0 amide bonds. The molecule has 0 saturated heterocycles. The number of carboxylic acid groups (broad SMARTS) is 1. The standard InChI is InChI=1S/C12H16N4O4/c1-7(2)15-6-9(11(18)19)10(17)16(12(15)20)8(4-13)5-14-3/h4-7,13-14H,1-3H3,(H,18,19)/b8-5+,13-4?. The molecule has 3 N–H and O–H groups in total. The van der Waals surface area contributed by atoms with Gasteiger partial charge < -0.3 is 15.8 Å². The van der Waals surface area contributed by atoms with Crippen LogP contribution in [0.15, 0.2) is 22.0 Å². The third-order valence-corrected chi connectivity index (χ3v) is 2.60. The van der Waals surface area contributed by atoms with Gasteiger partial charge in [0, 0.05) is 31.7 Å². The molecule has 0 saturated carbocycles. The molecular formula is C12H16N4O4. The van der Waals surface area contributed by atoms with Gasteiger partial charge in [-0.25, -0.2) is 14.2 Å². The van der Waals surface area contributed by atoms with Crippen molar-refractivity contribution in [3.05, 3.63) is 38.8 Å². The molecule has 0 bridgehead atoms. The average Bonchev–Trinajstić information content (AvgIpc) is 2.36. The van der Waals surface area contributed by atoms with Crippen molar-refractivity contribution in [2.45, 2.75) is 19.9 Å². The summed E-state index contributed by atoms with van der Waals surface area (Å²) >= 11 is 0. The van der Waals surface area contributed by atoms with Crippen LogP contribution in [0, 0.1) is 5.41 Å². The maximum atomic E-state index is 12.2. The third kappa shape index (κ3) is 2.68. The molecule has 0 radical (unpaired) electrons. The van der Waals surface area contributed by atoms with Gasteiger partial charge in [-0.2, -0.15) is 0 Å². The van der Waals surface area contributed by atoms with Crippen LogP contribution < -0.4 is 16.6 Å². The molecule has 8 heteroatoms. The van der Waals surface area contributed by atoms with Crippen LogP contribution >= 0.6 is 0 Å². The van der Waals surface area contributed by atoms with E-state index in [0.29, 0.717) is 4.57 Å². The number of aromatic carboxylic acids is 1. The van der Waals surface area contributed by atoms with E-state index in [0.717, 1.165) is 17.0 Å². The Morgan fingerprint density at radius 2 is 2.05 bits per heavy atom. The molecule has 0 aromatic carbocycles. The quantitative estimate of drug-likeness (QED) is 0.654. The molecular weight excluding hydrogens is 264 g/mol. The first kappa shape index (κ1) is 15.4. The first-order valence-corrected chi connectivity index (χ1v) is 5.84. The first-order chi connectivity index (χ1) is 9.34. The van der Waals surface area contributed by atoms with Crippen molar-refractivity contribution in [3.8, 4) is 0 Å². The van der Waals surface area contributed by atoms with Crippen molar-refractivity contribution < 1.29 is 9.90 Å². The summed E-state index contributed by atoms with van der Waals surface area (Å²) in [6.45, 7) is 3.38. The smallest absolute Gasteiger partial charge is 0.342 e. The molecule has 1 rings (SSSR count). The van der Waals surface area contributed by atoms with Crippen molar-refractivity contribution in [2.75, 3.05) is 7.05 Å². The van der Waals surface area contributed by atoms with Gasteiger partial charge in [0.1, 0.15) is 5.56 Å². The highest BCUT2D eigenvalue weighted by Crippen LogP contribution is 2.02. The van der Waals surface area contributed by atoms with Crippen LogP contribution in [0.1, 0.15) is 30.2 Å². The lowest BCUT2D eigenvalue weighted by molar-refractivity contribution is 0.0693. The van der Waals surface area contributed by atoms with Crippen molar-refractivity contribution in [1.29, 1.82) is 5.41 Å². The molecule has 20 heavy (non-hydrogen) atoms. The molecule has 1 aromatic heterocycles. The Morgan fingerprint density at radius 1 is 1.45 bits per heavy atom. The molecule has 0 aliphatic heterocycles. The highest BCUT2D eigenvalue weighted by atomic mass is 16.4. The Morgan fingerprint density at radius 3 is 2.45 bits per heavy atom. The largest absolute Gasteiger partial charge is 0.477 e. The van der Waals surface area contributed by atoms with E-state index < -0.39 is 22.8 Å². The Balaban J connectivity index is 3.87. The lowest BCUT2D eigenvalue weighted by Gasteiger charge is -2.14. The zero-order valence-corrected chi connectivity index (χ0v) is 11.4. The number of nitrogens with zero attached hydrogens (tertiary/aromatic N) is 2. The SMILES string of the molecule is CN/C=C(\C=N)n1c(=O)c(C(=O)O)cn(C(C)C)c1=O. The lowest BCUT2D eigenvalue weighted by atomic mass is 10.3. The first-order valence-electron chi connectivity index (χ1n) is 5.84. The zero-order valence-electron chi connectivity index (χ0n) is 11.4. The summed E-state index contributed by atoms with van der Waals surface area (Å²) in [5.41, 5.74) is -2.23. The monoisotopic (exact) mass is 280 g/mol. The average molecular weight is 280 g/mol. The normalized spacial score (nSPS) is 11.5. The summed E-state index contributed by atoms with van der Waals surface area (Å²) in [7, 11) is 1.54. The summed E-state index contributed by atoms with van der Waals surface area (Å²) in [4.78, 5) is 35.4. The van der Waals surface area contributed by atoms with Gasteiger partial charge in [0.25, 0.3) is 5.56 Å². The molecule has 0 fully saturated rings. The van der Waals surface area contributed by atoms with E-state index in [1.54, 1.807) is 13.8 Å². The maximum absolute atomic E-state index is 12.2. The Kier molecular flexibility index (Phi) is 4.63. The fourth-order valence-electron chi connectivity index (χ4n) is 1.64. The van der Waals surface area contributed by atoms with Crippen LogP contribution in [0.3, 0.4) is 0 Å². The second kappa shape index (κ2) is 6.00. The number of hydrogen-bond acceptors (Lipinski definition) is 5. The van der Waals surface area contributed by atoms with Gasteiger partial charge in [0.15, 0.2) is 0 Å². The summed E-state index contributed by atoms with van der Waals surface area (Å²) < 4.78 is 1.80. The van der Waals surface area contributed by atoms with Gasteiger partial charge in [-0.1, -0.05) is 0 Å². The van der Waals surface area contributed by atoms with Crippen LogP contribution in [0.5, 0.6) is 0 Å². The molecule has 1 heterocycles. The van der Waals surface area contributed by atoms with Crippen LogP contribution in [-0.4, -0.2) is 33.5 Å². The molecule has 0 aliphatic rings. The number of nitrogens with one attached hydrogen (secondary N) is 2. The highest BCUT2D eigenvalue weighted by Gasteiger charge is 2.19. The number of hydrogen-bond donors (Lipinski definition) is 3. The van der Waals surface area contributed by atoms with E-state index in [1.807, 2.05) is 0 Å². The third-order valence-electron chi connectivity index (χ3n) is 2.60. The molecule has 108 valence electrons. The Bertz CT molecular complexity index is 682. The van der Waals surface area contributed by atoms with Gasteiger partial charge >= 0.3 is 11.7 Å². The predicted octanol–water partition coefficient (Wildman–Crippen LogP) is -0.0435. The number of allylic oxidation sites excluding steroid dienone is 1. The Labute approximate surface area is 114 Å². The van der Waals surface area contributed by atoms with Gasteiger partial charge in [0.05, 0.1) is 5.70 Å². The lowest BCUT2D eigenvalue weighted by Crippen LogP contribution is -2.42. The number of rotatable bonds is 5. The predicted molar refractivity (Wildman–Crippen MR) is 74.4 cm³/mol. The van der Waals surface area contributed by atoms with E-state index >= 15 is 0 Å². The van der Waals surface area contributed by atoms with E-state index in [9.17, 15) is 14.4 Å². The topological polar surface area (TPSA) is 117 Å². The molecule has 1 aromatic rings. The van der Waals surface area contributed by atoms with Crippen LogP contribution in [0.25, 0.3) is 5.70 Å². The molecule has 0 spiro atoms. The Hall–Kier alpha value is -2.64. The van der Waals surface area contributed by atoms with Crippen molar-refractivity contribution in [2.24, 2.45) is 0 Å². The van der Waals surface area contributed by atoms with Crippen LogP contribution in [0.4, 0.5) is 0 Å².